The van der Waals surface area contributed by atoms with Crippen LogP contribution in [0.25, 0.3) is 6.08 Å². The van der Waals surface area contributed by atoms with Crippen LogP contribution >= 0.6 is 34.8 Å². The molecule has 0 bridgehead atoms. The average Bonchev–Trinajstić information content (AvgIpc) is 2.02. The van der Waals surface area contributed by atoms with Crippen molar-refractivity contribution in [3.63, 3.8) is 0 Å². The molecule has 0 saturated heterocycles. The third kappa shape index (κ3) is 2.89. The molecule has 0 aliphatic rings. The summed E-state index contributed by atoms with van der Waals surface area (Å²) < 4.78 is 0. The van der Waals surface area contributed by atoms with Gasteiger partial charge in [0.05, 0.1) is 10.0 Å². The van der Waals surface area contributed by atoms with Crippen LogP contribution in [0.5, 0.6) is 0 Å². The third-order valence-electron chi connectivity index (χ3n) is 1.46. The van der Waals surface area contributed by atoms with Crippen LogP contribution < -0.4 is 5.73 Å². The number of benzene rings is 1. The molecule has 0 spiro atoms. The van der Waals surface area contributed by atoms with E-state index in [4.69, 9.17) is 40.5 Å². The molecule has 4 heteroatoms. The fourth-order valence-electron chi connectivity index (χ4n) is 0.898. The fraction of sp³-hybridized carbons (Fsp3) is 0.111. The molecule has 0 atom stereocenters. The molecule has 0 amide bonds. The Hall–Kier alpha value is -0.210. The molecule has 0 aliphatic heterocycles. The average molecular weight is 237 g/mol. The second-order valence-corrected chi connectivity index (χ2v) is 3.67. The van der Waals surface area contributed by atoms with Gasteiger partial charge in [-0.25, -0.2) is 0 Å². The molecule has 0 saturated carbocycles. The summed E-state index contributed by atoms with van der Waals surface area (Å²) in [5, 5.41) is 1.59. The van der Waals surface area contributed by atoms with Crippen LogP contribution in [-0.4, -0.2) is 6.54 Å². The van der Waals surface area contributed by atoms with Crippen LogP contribution in [0.2, 0.25) is 15.1 Å². The van der Waals surface area contributed by atoms with E-state index in [1.165, 1.54) is 0 Å². The molecule has 2 N–H and O–H groups in total. The van der Waals surface area contributed by atoms with E-state index in [2.05, 4.69) is 0 Å². The van der Waals surface area contributed by atoms with E-state index in [0.717, 1.165) is 5.56 Å². The van der Waals surface area contributed by atoms with Crippen LogP contribution in [0.1, 0.15) is 5.56 Å². The largest absolute Gasteiger partial charge is 0.327 e. The molecule has 1 nitrogen and oxygen atoms in total. The molecule has 70 valence electrons. The Balaban J connectivity index is 3.13. The summed E-state index contributed by atoms with van der Waals surface area (Å²) >= 11 is 17.6. The standard InChI is InChI=1S/C9H8Cl3N/c10-6-4-8(11)7(2-1-3-13)9(12)5-6/h1-2,4-5H,3,13H2/b2-1+. The third-order valence-corrected chi connectivity index (χ3v) is 2.31. The summed E-state index contributed by atoms with van der Waals surface area (Å²) in [5.41, 5.74) is 6.06. The Morgan fingerprint density at radius 2 is 1.69 bits per heavy atom. The molecular weight excluding hydrogens is 228 g/mol. The molecule has 0 heterocycles. The molecule has 0 unspecified atom stereocenters. The van der Waals surface area contributed by atoms with Crippen molar-refractivity contribution in [1.29, 1.82) is 0 Å². The second-order valence-electron chi connectivity index (χ2n) is 2.42. The van der Waals surface area contributed by atoms with Gasteiger partial charge in [-0.2, -0.15) is 0 Å². The normalized spacial score (nSPS) is 11.1. The van der Waals surface area contributed by atoms with Gasteiger partial charge in [-0.1, -0.05) is 47.0 Å². The topological polar surface area (TPSA) is 26.0 Å². The highest BCUT2D eigenvalue weighted by Gasteiger charge is 2.03. The lowest BCUT2D eigenvalue weighted by atomic mass is 10.2. The first kappa shape index (κ1) is 10.9. The van der Waals surface area contributed by atoms with Gasteiger partial charge in [-0.3, -0.25) is 0 Å². The minimum absolute atomic E-state index is 0.454. The van der Waals surface area contributed by atoms with Gasteiger partial charge in [0.1, 0.15) is 0 Å². The summed E-state index contributed by atoms with van der Waals surface area (Å²) in [6, 6.07) is 3.29. The van der Waals surface area contributed by atoms with Crippen molar-refractivity contribution in [2.75, 3.05) is 6.54 Å². The quantitative estimate of drug-likeness (QED) is 0.834. The first-order valence-corrected chi connectivity index (χ1v) is 4.79. The van der Waals surface area contributed by atoms with E-state index < -0.39 is 0 Å². The second kappa shape index (κ2) is 4.87. The van der Waals surface area contributed by atoms with E-state index in [-0.39, 0.29) is 0 Å². The smallest absolute Gasteiger partial charge is 0.0508 e. The highest BCUT2D eigenvalue weighted by atomic mass is 35.5. The van der Waals surface area contributed by atoms with Crippen molar-refractivity contribution < 1.29 is 0 Å². The molecular formula is C9H8Cl3N. The van der Waals surface area contributed by atoms with Crippen LogP contribution in [0.15, 0.2) is 18.2 Å². The highest BCUT2D eigenvalue weighted by molar-refractivity contribution is 6.40. The molecule has 0 aromatic heterocycles. The summed E-state index contributed by atoms with van der Waals surface area (Å²) in [6.45, 7) is 0.454. The predicted octanol–water partition coefficient (Wildman–Crippen LogP) is 3.62. The van der Waals surface area contributed by atoms with E-state index in [1.54, 1.807) is 24.3 Å². The van der Waals surface area contributed by atoms with Gasteiger partial charge in [0.2, 0.25) is 0 Å². The number of hydrogen-bond acceptors (Lipinski definition) is 1. The van der Waals surface area contributed by atoms with Gasteiger partial charge in [-0.05, 0) is 12.1 Å². The van der Waals surface area contributed by atoms with Crippen molar-refractivity contribution in [2.45, 2.75) is 0 Å². The number of rotatable bonds is 2. The zero-order valence-corrected chi connectivity index (χ0v) is 9.00. The lowest BCUT2D eigenvalue weighted by Crippen LogP contribution is -1.92. The van der Waals surface area contributed by atoms with Crippen LogP contribution in [0.4, 0.5) is 0 Å². The zero-order chi connectivity index (χ0) is 9.84. The maximum Gasteiger partial charge on any atom is 0.0508 e. The van der Waals surface area contributed by atoms with Gasteiger partial charge < -0.3 is 5.73 Å². The first-order valence-electron chi connectivity index (χ1n) is 3.66. The lowest BCUT2D eigenvalue weighted by Gasteiger charge is -2.02. The molecule has 1 rings (SSSR count). The van der Waals surface area contributed by atoms with Gasteiger partial charge in [0.25, 0.3) is 0 Å². The fourth-order valence-corrected chi connectivity index (χ4v) is 1.84. The summed E-state index contributed by atoms with van der Waals surface area (Å²) in [4.78, 5) is 0. The molecule has 13 heavy (non-hydrogen) atoms. The zero-order valence-electron chi connectivity index (χ0n) is 6.73. The Morgan fingerprint density at radius 1 is 1.15 bits per heavy atom. The van der Waals surface area contributed by atoms with Gasteiger partial charge in [0.15, 0.2) is 0 Å². The SMILES string of the molecule is NC/C=C/c1c(Cl)cc(Cl)cc1Cl. The number of nitrogens with two attached hydrogens (primary N) is 1. The maximum absolute atomic E-state index is 5.91. The van der Waals surface area contributed by atoms with Crippen molar-refractivity contribution in [2.24, 2.45) is 5.73 Å². The summed E-state index contributed by atoms with van der Waals surface area (Å²) in [5.74, 6) is 0. The van der Waals surface area contributed by atoms with Gasteiger partial charge >= 0.3 is 0 Å². The van der Waals surface area contributed by atoms with Crippen molar-refractivity contribution in [1.82, 2.24) is 0 Å². The van der Waals surface area contributed by atoms with E-state index >= 15 is 0 Å². The lowest BCUT2D eigenvalue weighted by molar-refractivity contribution is 1.26. The molecule has 0 fully saturated rings. The van der Waals surface area contributed by atoms with E-state index in [1.807, 2.05) is 0 Å². The highest BCUT2D eigenvalue weighted by Crippen LogP contribution is 2.29. The van der Waals surface area contributed by atoms with Crippen LogP contribution in [-0.2, 0) is 0 Å². The number of halogens is 3. The summed E-state index contributed by atoms with van der Waals surface area (Å²) in [6.07, 6.45) is 3.56. The maximum atomic E-state index is 5.91. The Labute approximate surface area is 92.1 Å². The summed E-state index contributed by atoms with van der Waals surface area (Å²) in [7, 11) is 0. The number of hydrogen-bond donors (Lipinski definition) is 1. The molecule has 1 aromatic rings. The Bertz CT molecular complexity index is 311. The van der Waals surface area contributed by atoms with E-state index in [9.17, 15) is 0 Å². The van der Waals surface area contributed by atoms with Crippen molar-refractivity contribution in [3.8, 4) is 0 Å². The van der Waals surface area contributed by atoms with Crippen molar-refractivity contribution >= 4 is 40.9 Å². The monoisotopic (exact) mass is 235 g/mol. The minimum atomic E-state index is 0.454. The molecule has 1 aromatic carbocycles. The minimum Gasteiger partial charge on any atom is -0.327 e. The van der Waals surface area contributed by atoms with Gasteiger partial charge in [0, 0.05) is 17.1 Å². The Morgan fingerprint density at radius 3 is 2.15 bits per heavy atom. The van der Waals surface area contributed by atoms with E-state index in [0.29, 0.717) is 21.6 Å². The van der Waals surface area contributed by atoms with Gasteiger partial charge in [-0.15, -0.1) is 0 Å². The molecule has 0 radical (unpaired) electrons. The molecule has 0 aliphatic carbocycles. The van der Waals surface area contributed by atoms with Crippen LogP contribution in [0, 0.1) is 0 Å². The Kier molecular flexibility index (Phi) is 4.07. The predicted molar refractivity (Wildman–Crippen MR) is 59.6 cm³/mol. The van der Waals surface area contributed by atoms with Crippen LogP contribution in [0.3, 0.4) is 0 Å². The first-order chi connectivity index (χ1) is 6.15. The van der Waals surface area contributed by atoms with Crippen molar-refractivity contribution in [3.05, 3.63) is 38.8 Å².